The summed E-state index contributed by atoms with van der Waals surface area (Å²) in [6.07, 6.45) is 0. The highest BCUT2D eigenvalue weighted by molar-refractivity contribution is 7.10. The molecule has 0 spiro atoms. The fraction of sp³-hybridized carbons (Fsp3) is 0.389. The Morgan fingerprint density at radius 2 is 1.92 bits per heavy atom. The first kappa shape index (κ1) is 18.9. The summed E-state index contributed by atoms with van der Waals surface area (Å²) < 4.78 is 5.09. The fourth-order valence-electron chi connectivity index (χ4n) is 2.07. The van der Waals surface area contributed by atoms with Gasteiger partial charge in [0.25, 0.3) is 5.91 Å². The Morgan fingerprint density at radius 3 is 2.44 bits per heavy atom. The van der Waals surface area contributed by atoms with Crippen LogP contribution in [0.4, 0.5) is 0 Å². The highest BCUT2D eigenvalue weighted by atomic mass is 32.1. The van der Waals surface area contributed by atoms with E-state index in [9.17, 15) is 9.59 Å². The third-order valence-corrected chi connectivity index (χ3v) is 4.74. The van der Waals surface area contributed by atoms with E-state index in [4.69, 9.17) is 9.84 Å². The first-order valence-electron chi connectivity index (χ1n) is 7.88. The van der Waals surface area contributed by atoms with Crippen molar-refractivity contribution < 1.29 is 19.4 Å². The van der Waals surface area contributed by atoms with Crippen LogP contribution >= 0.6 is 11.3 Å². The number of carboxylic acids is 1. The summed E-state index contributed by atoms with van der Waals surface area (Å²) in [4.78, 5) is 27.3. The van der Waals surface area contributed by atoms with Crippen LogP contribution in [0.2, 0.25) is 0 Å². The van der Waals surface area contributed by atoms with Crippen molar-refractivity contribution in [3.63, 3.8) is 0 Å². The van der Waals surface area contributed by atoms with Gasteiger partial charge in [0, 0.05) is 10.8 Å². The Bertz CT molecular complexity index is 747. The summed E-state index contributed by atoms with van der Waals surface area (Å²) in [6.45, 7) is 7.67. The second-order valence-corrected chi connectivity index (χ2v) is 7.59. The molecule has 1 amide bonds. The lowest BCUT2D eigenvalue weighted by Gasteiger charge is -2.15. The molecule has 2 N–H and O–H groups in total. The number of carboxylic acid groups (broad SMARTS) is 1. The molecule has 7 heteroatoms. The first-order chi connectivity index (χ1) is 11.7. The number of nitrogens with zero attached hydrogens (tertiary/aromatic N) is 1. The van der Waals surface area contributed by atoms with Gasteiger partial charge in [0.1, 0.15) is 11.4 Å². The van der Waals surface area contributed by atoms with Crippen LogP contribution in [0.3, 0.4) is 0 Å². The molecule has 1 aromatic heterocycles. The Balaban J connectivity index is 1.99. The van der Waals surface area contributed by atoms with Crippen molar-refractivity contribution in [2.45, 2.75) is 39.2 Å². The number of ether oxygens (including phenoxy) is 1. The molecule has 0 aliphatic rings. The van der Waals surface area contributed by atoms with Gasteiger partial charge in [-0.05, 0) is 24.6 Å². The van der Waals surface area contributed by atoms with Crippen LogP contribution in [0.5, 0.6) is 5.75 Å². The number of rotatable bonds is 6. The highest BCUT2D eigenvalue weighted by Crippen LogP contribution is 2.26. The van der Waals surface area contributed by atoms with E-state index >= 15 is 0 Å². The van der Waals surface area contributed by atoms with Crippen molar-refractivity contribution in [1.29, 1.82) is 0 Å². The predicted octanol–water partition coefficient (Wildman–Crippen LogP) is 3.40. The maximum Gasteiger partial charge on any atom is 0.341 e. The van der Waals surface area contributed by atoms with Crippen LogP contribution in [0.25, 0.3) is 0 Å². The normalized spacial score (nSPS) is 12.5. The summed E-state index contributed by atoms with van der Waals surface area (Å²) in [5.41, 5.74) is 1.23. The lowest BCUT2D eigenvalue weighted by Crippen LogP contribution is -2.27. The molecular formula is C18H22N2O4S. The third-order valence-electron chi connectivity index (χ3n) is 3.47. The van der Waals surface area contributed by atoms with Gasteiger partial charge in [0.15, 0.2) is 6.61 Å². The molecule has 0 saturated heterocycles. The monoisotopic (exact) mass is 362 g/mol. The minimum Gasteiger partial charge on any atom is -0.482 e. The van der Waals surface area contributed by atoms with Crippen LogP contribution in [0.15, 0.2) is 29.6 Å². The number of hydrogen-bond acceptors (Lipinski definition) is 5. The SMILES string of the molecule is CC(NC(=O)c1csc(C(C)(C)C)n1)c1ccc(OCC(=O)O)cc1. The highest BCUT2D eigenvalue weighted by Gasteiger charge is 2.21. The van der Waals surface area contributed by atoms with Gasteiger partial charge in [-0.15, -0.1) is 11.3 Å². The maximum absolute atomic E-state index is 12.4. The van der Waals surface area contributed by atoms with Gasteiger partial charge < -0.3 is 15.2 Å². The summed E-state index contributed by atoms with van der Waals surface area (Å²) >= 11 is 1.48. The van der Waals surface area contributed by atoms with E-state index in [1.165, 1.54) is 11.3 Å². The summed E-state index contributed by atoms with van der Waals surface area (Å²) in [6, 6.07) is 6.75. The standard InChI is InChI=1S/C18H22N2O4S/c1-11(12-5-7-13(8-6-12)24-9-15(21)22)19-16(23)14-10-25-17(20-14)18(2,3)4/h5-8,10-11H,9H2,1-4H3,(H,19,23)(H,21,22). The van der Waals surface area contributed by atoms with Crippen LogP contribution in [-0.2, 0) is 10.2 Å². The van der Waals surface area contributed by atoms with Gasteiger partial charge in [-0.3, -0.25) is 4.79 Å². The number of nitrogens with one attached hydrogen (secondary N) is 1. The van der Waals surface area contributed by atoms with Crippen molar-refractivity contribution in [2.24, 2.45) is 0 Å². The molecule has 2 rings (SSSR count). The van der Waals surface area contributed by atoms with E-state index in [1.807, 2.05) is 6.92 Å². The lowest BCUT2D eigenvalue weighted by atomic mass is 9.98. The number of aliphatic carboxylic acids is 1. The minimum absolute atomic E-state index is 0.0827. The molecule has 0 radical (unpaired) electrons. The van der Waals surface area contributed by atoms with Crippen LogP contribution in [-0.4, -0.2) is 28.6 Å². The topological polar surface area (TPSA) is 88.5 Å². The average molecular weight is 362 g/mol. The molecular weight excluding hydrogens is 340 g/mol. The molecule has 6 nitrogen and oxygen atoms in total. The number of carbonyl (C=O) groups is 2. The summed E-state index contributed by atoms with van der Waals surface area (Å²) in [7, 11) is 0. The minimum atomic E-state index is -1.03. The van der Waals surface area contributed by atoms with E-state index in [0.717, 1.165) is 10.6 Å². The van der Waals surface area contributed by atoms with Gasteiger partial charge >= 0.3 is 5.97 Å². The molecule has 25 heavy (non-hydrogen) atoms. The number of hydrogen-bond donors (Lipinski definition) is 2. The van der Waals surface area contributed by atoms with Crippen molar-refractivity contribution in [2.75, 3.05) is 6.61 Å². The van der Waals surface area contributed by atoms with E-state index in [-0.39, 0.29) is 24.0 Å². The van der Waals surface area contributed by atoms with E-state index in [2.05, 4.69) is 31.1 Å². The Hall–Kier alpha value is -2.41. The van der Waals surface area contributed by atoms with Crippen LogP contribution < -0.4 is 10.1 Å². The summed E-state index contributed by atoms with van der Waals surface area (Å²) in [5, 5.41) is 14.2. The number of benzene rings is 1. The Morgan fingerprint density at radius 1 is 1.28 bits per heavy atom. The first-order valence-corrected chi connectivity index (χ1v) is 8.76. The molecule has 0 fully saturated rings. The van der Waals surface area contributed by atoms with Gasteiger partial charge in [0.05, 0.1) is 11.0 Å². The van der Waals surface area contributed by atoms with Crippen molar-refractivity contribution in [3.8, 4) is 5.75 Å². The largest absolute Gasteiger partial charge is 0.482 e. The van der Waals surface area contributed by atoms with Gasteiger partial charge in [0.2, 0.25) is 0 Å². The van der Waals surface area contributed by atoms with Crippen molar-refractivity contribution in [1.82, 2.24) is 10.3 Å². The quantitative estimate of drug-likeness (QED) is 0.822. The van der Waals surface area contributed by atoms with E-state index in [1.54, 1.807) is 29.6 Å². The number of thiazole rings is 1. The zero-order valence-corrected chi connectivity index (χ0v) is 15.5. The Kier molecular flexibility index (Phi) is 5.79. The third kappa shape index (κ3) is 5.29. The zero-order valence-electron chi connectivity index (χ0n) is 14.7. The molecule has 1 unspecified atom stereocenters. The second-order valence-electron chi connectivity index (χ2n) is 6.73. The average Bonchev–Trinajstić information content (AvgIpc) is 3.03. The molecule has 1 atom stereocenters. The zero-order chi connectivity index (χ0) is 18.6. The molecule has 2 aromatic rings. The van der Waals surface area contributed by atoms with Gasteiger partial charge in [-0.2, -0.15) is 0 Å². The molecule has 1 heterocycles. The van der Waals surface area contributed by atoms with Crippen LogP contribution in [0.1, 0.15) is 54.8 Å². The van der Waals surface area contributed by atoms with Crippen molar-refractivity contribution >= 4 is 23.2 Å². The van der Waals surface area contributed by atoms with Crippen molar-refractivity contribution in [3.05, 3.63) is 45.9 Å². The summed E-state index contributed by atoms with van der Waals surface area (Å²) in [5.74, 6) is -0.771. The smallest absolute Gasteiger partial charge is 0.341 e. The molecule has 0 aliphatic carbocycles. The fourth-order valence-corrected chi connectivity index (χ4v) is 2.96. The van der Waals surface area contributed by atoms with E-state index in [0.29, 0.717) is 11.4 Å². The van der Waals surface area contributed by atoms with Crippen LogP contribution in [0, 0.1) is 0 Å². The molecule has 134 valence electrons. The number of carbonyl (C=O) groups excluding carboxylic acids is 1. The van der Waals surface area contributed by atoms with Gasteiger partial charge in [-0.25, -0.2) is 9.78 Å². The predicted molar refractivity (Wildman–Crippen MR) is 96.3 cm³/mol. The molecule has 0 saturated carbocycles. The van der Waals surface area contributed by atoms with Gasteiger partial charge in [-0.1, -0.05) is 32.9 Å². The molecule has 1 aromatic carbocycles. The molecule has 0 bridgehead atoms. The van der Waals surface area contributed by atoms with E-state index < -0.39 is 5.97 Å². The Labute approximate surface area is 150 Å². The lowest BCUT2D eigenvalue weighted by molar-refractivity contribution is -0.139. The maximum atomic E-state index is 12.4. The second kappa shape index (κ2) is 7.65. The number of amides is 1. The molecule has 0 aliphatic heterocycles. The number of aromatic nitrogens is 1.